The van der Waals surface area contributed by atoms with Crippen LogP contribution < -0.4 is 0 Å². The zero-order valence-corrected chi connectivity index (χ0v) is 20.5. The molecule has 29 heavy (non-hydrogen) atoms. The highest BCUT2D eigenvalue weighted by molar-refractivity contribution is 7.15. The van der Waals surface area contributed by atoms with Gasteiger partial charge < -0.3 is 0 Å². The second kappa shape index (κ2) is 13.3. The van der Waals surface area contributed by atoms with Crippen molar-refractivity contribution >= 4 is 11.3 Å². The normalized spacial score (nSPS) is 11.7. The van der Waals surface area contributed by atoms with E-state index in [4.69, 9.17) is 0 Å². The van der Waals surface area contributed by atoms with Crippen molar-refractivity contribution in [1.29, 1.82) is 0 Å². The van der Waals surface area contributed by atoms with E-state index in [-0.39, 0.29) is 0 Å². The lowest BCUT2D eigenvalue weighted by Crippen LogP contribution is -1.89. The van der Waals surface area contributed by atoms with Crippen LogP contribution in [0.3, 0.4) is 0 Å². The van der Waals surface area contributed by atoms with Crippen LogP contribution in [-0.2, 0) is 6.42 Å². The zero-order chi connectivity index (χ0) is 21.1. The molecule has 0 amide bonds. The summed E-state index contributed by atoms with van der Waals surface area (Å²) in [5.74, 6) is 1.22. The van der Waals surface area contributed by atoms with Crippen LogP contribution in [0.25, 0.3) is 10.4 Å². The Morgan fingerprint density at radius 2 is 1.24 bits per heavy atom. The lowest BCUT2D eigenvalue weighted by molar-refractivity contribution is 0.556. The number of unbranched alkanes of at least 4 members (excludes halogenated alkanes) is 9. The number of benzene rings is 1. The van der Waals surface area contributed by atoms with Gasteiger partial charge in [-0.05, 0) is 47.4 Å². The van der Waals surface area contributed by atoms with Crippen molar-refractivity contribution in [2.24, 2.45) is 0 Å². The fraction of sp³-hybridized carbons (Fsp3) is 0.643. The van der Waals surface area contributed by atoms with Gasteiger partial charge in [-0.3, -0.25) is 0 Å². The smallest absolute Gasteiger partial charge is 0.0377 e. The van der Waals surface area contributed by atoms with Gasteiger partial charge in [-0.2, -0.15) is 0 Å². The van der Waals surface area contributed by atoms with Gasteiger partial charge in [0.2, 0.25) is 0 Å². The third-order valence-electron chi connectivity index (χ3n) is 6.04. The summed E-state index contributed by atoms with van der Waals surface area (Å²) in [7, 11) is 0. The van der Waals surface area contributed by atoms with E-state index in [1.807, 2.05) is 11.3 Å². The summed E-state index contributed by atoms with van der Waals surface area (Å²) in [6, 6.07) is 11.8. The third kappa shape index (κ3) is 8.28. The van der Waals surface area contributed by atoms with Crippen LogP contribution in [0.2, 0.25) is 0 Å². The molecular formula is C28H44S. The first-order chi connectivity index (χ1) is 14.0. The number of aryl methyl sites for hydroxylation is 1. The van der Waals surface area contributed by atoms with Crippen LogP contribution >= 0.6 is 11.3 Å². The Balaban J connectivity index is 1.85. The molecule has 1 aromatic heterocycles. The van der Waals surface area contributed by atoms with Crippen LogP contribution in [0.15, 0.2) is 30.3 Å². The topological polar surface area (TPSA) is 0 Å². The molecule has 0 aliphatic carbocycles. The molecule has 0 saturated heterocycles. The Morgan fingerprint density at radius 3 is 1.76 bits per heavy atom. The van der Waals surface area contributed by atoms with Crippen molar-refractivity contribution in [3.63, 3.8) is 0 Å². The summed E-state index contributed by atoms with van der Waals surface area (Å²) in [4.78, 5) is 3.05. The molecule has 0 N–H and O–H groups in total. The van der Waals surface area contributed by atoms with Gasteiger partial charge in [-0.25, -0.2) is 0 Å². The summed E-state index contributed by atoms with van der Waals surface area (Å²) < 4.78 is 0. The molecule has 0 radical (unpaired) electrons. The summed E-state index contributed by atoms with van der Waals surface area (Å²) in [5.41, 5.74) is 4.43. The van der Waals surface area contributed by atoms with E-state index >= 15 is 0 Å². The average Bonchev–Trinajstić information content (AvgIpc) is 3.14. The number of hydrogen-bond acceptors (Lipinski definition) is 1. The lowest BCUT2D eigenvalue weighted by Gasteiger charge is -2.08. The predicted molar refractivity (Wildman–Crippen MR) is 133 cm³/mol. The summed E-state index contributed by atoms with van der Waals surface area (Å²) >= 11 is 2.02. The highest BCUT2D eigenvalue weighted by Crippen LogP contribution is 2.37. The Kier molecular flexibility index (Phi) is 11.1. The van der Waals surface area contributed by atoms with E-state index in [0.29, 0.717) is 11.8 Å². The maximum absolute atomic E-state index is 2.49. The van der Waals surface area contributed by atoms with Gasteiger partial charge in [-0.1, -0.05) is 117 Å². The molecule has 2 rings (SSSR count). The Labute approximate surface area is 185 Å². The summed E-state index contributed by atoms with van der Waals surface area (Å²) in [6.45, 7) is 11.5. The number of thiophene rings is 1. The SMILES string of the molecule is CCCCCCCCCCCCc1cc(C(C)C)sc1-c1ccc(C(C)C)cc1. The van der Waals surface area contributed by atoms with E-state index in [2.05, 4.69) is 65.0 Å². The fourth-order valence-electron chi connectivity index (χ4n) is 3.99. The minimum atomic E-state index is 0.602. The van der Waals surface area contributed by atoms with Crippen molar-refractivity contribution in [3.05, 3.63) is 46.3 Å². The van der Waals surface area contributed by atoms with Crippen molar-refractivity contribution in [2.45, 2.75) is 117 Å². The van der Waals surface area contributed by atoms with Gasteiger partial charge in [0.15, 0.2) is 0 Å². The highest BCUT2D eigenvalue weighted by atomic mass is 32.1. The van der Waals surface area contributed by atoms with Crippen molar-refractivity contribution in [1.82, 2.24) is 0 Å². The van der Waals surface area contributed by atoms with Crippen LogP contribution in [-0.4, -0.2) is 0 Å². The zero-order valence-electron chi connectivity index (χ0n) is 19.7. The maximum atomic E-state index is 2.49. The molecule has 0 unspecified atom stereocenters. The molecule has 2 aromatic rings. The third-order valence-corrected chi connectivity index (χ3v) is 7.56. The first-order valence-electron chi connectivity index (χ1n) is 12.3. The Hall–Kier alpha value is -1.08. The molecule has 0 bridgehead atoms. The molecule has 1 heteroatoms. The van der Waals surface area contributed by atoms with E-state index in [9.17, 15) is 0 Å². The van der Waals surface area contributed by atoms with Crippen LogP contribution in [0.4, 0.5) is 0 Å². The van der Waals surface area contributed by atoms with Gasteiger partial charge in [0, 0.05) is 9.75 Å². The van der Waals surface area contributed by atoms with Crippen LogP contribution in [0, 0.1) is 0 Å². The van der Waals surface area contributed by atoms with Gasteiger partial charge in [0.25, 0.3) is 0 Å². The molecule has 1 aromatic carbocycles. The monoisotopic (exact) mass is 412 g/mol. The second-order valence-corrected chi connectivity index (χ2v) is 10.5. The first kappa shape index (κ1) is 24.2. The molecule has 0 aliphatic heterocycles. The maximum Gasteiger partial charge on any atom is 0.0377 e. The average molecular weight is 413 g/mol. The standard InChI is InChI=1S/C28H44S/c1-6-7-8-9-10-11-12-13-14-15-16-26-21-27(23(4)5)29-28(26)25-19-17-24(18-20-25)22(2)3/h17-23H,6-16H2,1-5H3. The summed E-state index contributed by atoms with van der Waals surface area (Å²) in [5, 5.41) is 0. The molecule has 0 saturated carbocycles. The molecular weight excluding hydrogens is 368 g/mol. The van der Waals surface area contributed by atoms with E-state index in [1.165, 1.54) is 91.5 Å². The fourth-order valence-corrected chi connectivity index (χ4v) is 5.21. The van der Waals surface area contributed by atoms with Crippen molar-refractivity contribution < 1.29 is 0 Å². The van der Waals surface area contributed by atoms with E-state index in [1.54, 1.807) is 5.56 Å². The largest absolute Gasteiger partial charge is 0.140 e. The minimum absolute atomic E-state index is 0.602. The first-order valence-corrected chi connectivity index (χ1v) is 13.1. The van der Waals surface area contributed by atoms with Gasteiger partial charge in [0.05, 0.1) is 0 Å². The van der Waals surface area contributed by atoms with Gasteiger partial charge in [0.1, 0.15) is 0 Å². The van der Waals surface area contributed by atoms with E-state index < -0.39 is 0 Å². The number of rotatable bonds is 14. The number of hydrogen-bond donors (Lipinski definition) is 0. The molecule has 0 atom stereocenters. The molecule has 1 heterocycles. The molecule has 0 aliphatic rings. The van der Waals surface area contributed by atoms with E-state index in [0.717, 1.165) is 0 Å². The Bertz CT molecular complexity index is 675. The molecule has 0 spiro atoms. The predicted octanol–water partition coefficient (Wildman–Crippen LogP) is 10.1. The quantitative estimate of drug-likeness (QED) is 0.271. The molecule has 162 valence electrons. The van der Waals surface area contributed by atoms with Crippen molar-refractivity contribution in [3.8, 4) is 10.4 Å². The van der Waals surface area contributed by atoms with Gasteiger partial charge >= 0.3 is 0 Å². The summed E-state index contributed by atoms with van der Waals surface area (Å²) in [6.07, 6.45) is 15.3. The Morgan fingerprint density at radius 1 is 0.690 bits per heavy atom. The highest BCUT2D eigenvalue weighted by Gasteiger charge is 2.13. The minimum Gasteiger partial charge on any atom is -0.140 e. The molecule has 0 nitrogen and oxygen atoms in total. The lowest BCUT2D eigenvalue weighted by atomic mass is 9.98. The van der Waals surface area contributed by atoms with Crippen molar-refractivity contribution in [2.75, 3.05) is 0 Å². The van der Waals surface area contributed by atoms with Crippen LogP contribution in [0.5, 0.6) is 0 Å². The molecule has 0 fully saturated rings. The second-order valence-electron chi connectivity index (χ2n) is 9.37. The van der Waals surface area contributed by atoms with Gasteiger partial charge in [-0.15, -0.1) is 11.3 Å². The van der Waals surface area contributed by atoms with Crippen LogP contribution in [0.1, 0.15) is 127 Å².